The van der Waals surface area contributed by atoms with Crippen LogP contribution >= 0.6 is 11.8 Å². The summed E-state index contributed by atoms with van der Waals surface area (Å²) in [5.41, 5.74) is 1.82. The molecule has 0 saturated heterocycles. The van der Waals surface area contributed by atoms with Crippen molar-refractivity contribution in [2.24, 2.45) is 0 Å². The van der Waals surface area contributed by atoms with Crippen LogP contribution in [0.4, 0.5) is 0 Å². The first kappa shape index (κ1) is 15.6. The first-order chi connectivity index (χ1) is 10.3. The first-order valence-corrected chi connectivity index (χ1v) is 7.90. The summed E-state index contributed by atoms with van der Waals surface area (Å²) in [6.07, 6.45) is 0.487. The largest absolute Gasteiger partial charge is 0.392 e. The molecule has 0 spiro atoms. The Morgan fingerprint density at radius 3 is 2.38 bits per heavy atom. The third-order valence-electron chi connectivity index (χ3n) is 3.11. The average molecular weight is 301 g/mol. The van der Waals surface area contributed by atoms with Crippen LogP contribution < -0.4 is 5.32 Å². The van der Waals surface area contributed by atoms with E-state index in [0.717, 1.165) is 16.9 Å². The van der Waals surface area contributed by atoms with Gasteiger partial charge >= 0.3 is 0 Å². The maximum atomic E-state index is 11.8. The lowest BCUT2D eigenvalue weighted by Crippen LogP contribution is -2.23. The van der Waals surface area contributed by atoms with Crippen molar-refractivity contribution in [2.75, 3.05) is 5.75 Å². The Hall–Kier alpha value is -1.78. The number of aliphatic hydroxyl groups excluding tert-OH is 1. The third kappa shape index (κ3) is 5.25. The van der Waals surface area contributed by atoms with Gasteiger partial charge in [0.2, 0.25) is 5.91 Å². The van der Waals surface area contributed by atoms with Gasteiger partial charge in [-0.15, -0.1) is 11.8 Å². The fourth-order valence-electron chi connectivity index (χ4n) is 1.94. The minimum Gasteiger partial charge on any atom is -0.392 e. The number of benzene rings is 2. The third-order valence-corrected chi connectivity index (χ3v) is 4.12. The molecule has 3 nitrogen and oxygen atoms in total. The van der Waals surface area contributed by atoms with Crippen LogP contribution in [0.15, 0.2) is 59.5 Å². The molecule has 0 saturated carbocycles. The highest BCUT2D eigenvalue weighted by molar-refractivity contribution is 7.99. The smallest absolute Gasteiger partial charge is 0.221 e. The maximum absolute atomic E-state index is 11.8. The Labute approximate surface area is 129 Å². The van der Waals surface area contributed by atoms with Crippen LogP contribution in [-0.2, 0) is 17.9 Å². The van der Waals surface area contributed by atoms with E-state index in [0.29, 0.717) is 13.0 Å². The first-order valence-electron chi connectivity index (χ1n) is 6.92. The monoisotopic (exact) mass is 301 g/mol. The number of hydrogen-bond donors (Lipinski definition) is 2. The topological polar surface area (TPSA) is 49.3 Å². The molecule has 0 bridgehead atoms. The molecule has 0 aliphatic carbocycles. The molecule has 2 aromatic carbocycles. The molecule has 4 heteroatoms. The number of rotatable bonds is 7. The predicted octanol–water partition coefficient (Wildman–Crippen LogP) is 2.98. The van der Waals surface area contributed by atoms with Crippen LogP contribution in [0.1, 0.15) is 17.5 Å². The van der Waals surface area contributed by atoms with E-state index in [9.17, 15) is 9.90 Å². The summed E-state index contributed by atoms with van der Waals surface area (Å²) in [4.78, 5) is 13.0. The summed E-state index contributed by atoms with van der Waals surface area (Å²) in [7, 11) is 0. The van der Waals surface area contributed by atoms with Crippen molar-refractivity contribution in [1.82, 2.24) is 5.32 Å². The summed E-state index contributed by atoms with van der Waals surface area (Å²) in [6.45, 7) is 0.460. The van der Waals surface area contributed by atoms with Crippen LogP contribution in [0.2, 0.25) is 0 Å². The summed E-state index contributed by atoms with van der Waals surface area (Å²) < 4.78 is 0. The number of hydrogen-bond acceptors (Lipinski definition) is 3. The molecule has 2 aromatic rings. The SMILES string of the molecule is O=C(CCSc1ccccc1)NCc1ccccc1CO. The Morgan fingerprint density at radius 2 is 1.67 bits per heavy atom. The predicted molar refractivity (Wildman–Crippen MR) is 86.0 cm³/mol. The van der Waals surface area contributed by atoms with Gasteiger partial charge in [-0.1, -0.05) is 42.5 Å². The second kappa shape index (κ2) is 8.49. The fourth-order valence-corrected chi connectivity index (χ4v) is 2.82. The maximum Gasteiger partial charge on any atom is 0.221 e. The van der Waals surface area contributed by atoms with Gasteiger partial charge < -0.3 is 10.4 Å². The average Bonchev–Trinajstić information content (AvgIpc) is 2.54. The number of carbonyl (C=O) groups excluding carboxylic acids is 1. The molecule has 1 amide bonds. The molecule has 0 fully saturated rings. The van der Waals surface area contributed by atoms with Crippen LogP contribution in [0.5, 0.6) is 0 Å². The van der Waals surface area contributed by atoms with Gasteiger partial charge in [-0.2, -0.15) is 0 Å². The van der Waals surface area contributed by atoms with Crippen LogP contribution in [0.25, 0.3) is 0 Å². The Bertz CT molecular complexity index is 572. The standard InChI is InChI=1S/C17H19NO2S/c19-13-15-7-5-4-6-14(15)12-18-17(20)10-11-21-16-8-2-1-3-9-16/h1-9,19H,10-13H2,(H,18,20). The normalized spacial score (nSPS) is 10.3. The van der Waals surface area contributed by atoms with E-state index >= 15 is 0 Å². The van der Waals surface area contributed by atoms with E-state index < -0.39 is 0 Å². The second-order valence-electron chi connectivity index (χ2n) is 4.62. The highest BCUT2D eigenvalue weighted by atomic mass is 32.2. The molecule has 21 heavy (non-hydrogen) atoms. The molecule has 0 aliphatic heterocycles. The highest BCUT2D eigenvalue weighted by Crippen LogP contribution is 2.17. The van der Waals surface area contributed by atoms with Gasteiger partial charge in [-0.05, 0) is 23.3 Å². The van der Waals surface area contributed by atoms with E-state index in [4.69, 9.17) is 0 Å². The van der Waals surface area contributed by atoms with Crippen molar-refractivity contribution in [3.05, 3.63) is 65.7 Å². The quantitative estimate of drug-likeness (QED) is 0.773. The Balaban J connectivity index is 1.72. The van der Waals surface area contributed by atoms with Gasteiger partial charge in [0, 0.05) is 23.6 Å². The van der Waals surface area contributed by atoms with Gasteiger partial charge in [0.05, 0.1) is 6.61 Å². The lowest BCUT2D eigenvalue weighted by molar-refractivity contribution is -0.120. The van der Waals surface area contributed by atoms with Gasteiger partial charge in [0.15, 0.2) is 0 Å². The number of aliphatic hydroxyl groups is 1. The molecule has 0 unspecified atom stereocenters. The number of nitrogens with one attached hydrogen (secondary N) is 1. The molecule has 0 atom stereocenters. The number of carbonyl (C=O) groups is 1. The van der Waals surface area contributed by atoms with Crippen molar-refractivity contribution in [3.63, 3.8) is 0 Å². The van der Waals surface area contributed by atoms with Gasteiger partial charge in [-0.3, -0.25) is 4.79 Å². The molecule has 0 aliphatic rings. The summed E-state index contributed by atoms with van der Waals surface area (Å²) in [5, 5.41) is 12.1. The van der Waals surface area contributed by atoms with Gasteiger partial charge in [0.1, 0.15) is 0 Å². The lowest BCUT2D eigenvalue weighted by Gasteiger charge is -2.09. The van der Waals surface area contributed by atoms with Crippen molar-refractivity contribution < 1.29 is 9.90 Å². The summed E-state index contributed by atoms with van der Waals surface area (Å²) in [6, 6.07) is 17.6. The summed E-state index contributed by atoms with van der Waals surface area (Å²) >= 11 is 1.68. The summed E-state index contributed by atoms with van der Waals surface area (Å²) in [5.74, 6) is 0.795. The van der Waals surface area contributed by atoms with E-state index in [1.807, 2.05) is 54.6 Å². The molecular weight excluding hydrogens is 282 g/mol. The minimum atomic E-state index is -0.00406. The molecule has 0 heterocycles. The van der Waals surface area contributed by atoms with E-state index in [-0.39, 0.29) is 12.5 Å². The van der Waals surface area contributed by atoms with Crippen molar-refractivity contribution in [3.8, 4) is 0 Å². The molecule has 0 radical (unpaired) electrons. The van der Waals surface area contributed by atoms with E-state index in [1.54, 1.807) is 11.8 Å². The molecule has 2 rings (SSSR count). The molecule has 0 aromatic heterocycles. The Kier molecular flexibility index (Phi) is 6.31. The van der Waals surface area contributed by atoms with Crippen molar-refractivity contribution >= 4 is 17.7 Å². The molecular formula is C17H19NO2S. The van der Waals surface area contributed by atoms with Gasteiger partial charge in [-0.25, -0.2) is 0 Å². The van der Waals surface area contributed by atoms with Crippen LogP contribution in [-0.4, -0.2) is 16.8 Å². The van der Waals surface area contributed by atoms with E-state index in [2.05, 4.69) is 5.32 Å². The zero-order chi connectivity index (χ0) is 14.9. The highest BCUT2D eigenvalue weighted by Gasteiger charge is 2.04. The molecule has 110 valence electrons. The minimum absolute atomic E-state index is 0.00406. The molecule has 2 N–H and O–H groups in total. The second-order valence-corrected chi connectivity index (χ2v) is 5.78. The zero-order valence-electron chi connectivity index (χ0n) is 11.8. The number of thioether (sulfide) groups is 1. The van der Waals surface area contributed by atoms with Crippen LogP contribution in [0.3, 0.4) is 0 Å². The van der Waals surface area contributed by atoms with Gasteiger partial charge in [0.25, 0.3) is 0 Å². The van der Waals surface area contributed by atoms with Crippen LogP contribution in [0, 0.1) is 0 Å². The van der Waals surface area contributed by atoms with Crippen molar-refractivity contribution in [2.45, 2.75) is 24.5 Å². The Morgan fingerprint density at radius 1 is 1.00 bits per heavy atom. The number of amides is 1. The van der Waals surface area contributed by atoms with E-state index in [1.165, 1.54) is 4.90 Å². The van der Waals surface area contributed by atoms with Crippen molar-refractivity contribution in [1.29, 1.82) is 0 Å². The lowest BCUT2D eigenvalue weighted by atomic mass is 10.1. The zero-order valence-corrected chi connectivity index (χ0v) is 12.6. The fraction of sp³-hybridized carbons (Fsp3) is 0.235.